The van der Waals surface area contributed by atoms with Crippen molar-refractivity contribution in [2.75, 3.05) is 13.1 Å². The minimum Gasteiger partial charge on any atom is -0.486 e. The van der Waals surface area contributed by atoms with Gasteiger partial charge in [-0.1, -0.05) is 29.4 Å². The molecule has 1 fully saturated rings. The van der Waals surface area contributed by atoms with Gasteiger partial charge in [0.2, 0.25) is 4.96 Å². The molecule has 2 aromatic heterocycles. The van der Waals surface area contributed by atoms with Gasteiger partial charge >= 0.3 is 0 Å². The molecule has 6 nitrogen and oxygen atoms in total. The molecule has 4 rings (SSSR count). The highest BCUT2D eigenvalue weighted by atomic mass is 35.5. The number of hydrogen-bond acceptors (Lipinski definition) is 6. The molecule has 0 amide bonds. The zero-order valence-corrected chi connectivity index (χ0v) is 14.8. The van der Waals surface area contributed by atoms with Gasteiger partial charge in [0.1, 0.15) is 12.4 Å². The van der Waals surface area contributed by atoms with Crippen molar-refractivity contribution in [3.05, 3.63) is 40.1 Å². The highest BCUT2D eigenvalue weighted by Crippen LogP contribution is 2.20. The van der Waals surface area contributed by atoms with Crippen molar-refractivity contribution < 1.29 is 4.74 Å². The first-order chi connectivity index (χ1) is 11.8. The first-order valence-corrected chi connectivity index (χ1v) is 9.28. The van der Waals surface area contributed by atoms with Gasteiger partial charge < -0.3 is 4.74 Å². The summed E-state index contributed by atoms with van der Waals surface area (Å²) < 4.78 is 7.60. The number of ether oxygens (including phenoxy) is 1. The molecule has 0 atom stereocenters. The van der Waals surface area contributed by atoms with Crippen LogP contribution in [0.25, 0.3) is 4.96 Å². The molecule has 1 aliphatic heterocycles. The van der Waals surface area contributed by atoms with Crippen molar-refractivity contribution in [1.29, 1.82) is 0 Å². The summed E-state index contributed by atoms with van der Waals surface area (Å²) in [6.07, 6.45) is 3.85. The van der Waals surface area contributed by atoms with E-state index in [9.17, 15) is 0 Å². The van der Waals surface area contributed by atoms with Crippen molar-refractivity contribution in [1.82, 2.24) is 24.7 Å². The number of halogens is 1. The molecule has 0 N–H and O–H groups in total. The first-order valence-electron chi connectivity index (χ1n) is 8.09. The number of hydrogen-bond donors (Lipinski definition) is 0. The zero-order chi connectivity index (χ0) is 16.4. The van der Waals surface area contributed by atoms with Gasteiger partial charge in [-0.25, -0.2) is 0 Å². The molecule has 24 heavy (non-hydrogen) atoms. The number of likely N-dealkylation sites (tertiary alicyclic amines) is 1. The van der Waals surface area contributed by atoms with Crippen LogP contribution in [0.15, 0.2) is 24.3 Å². The summed E-state index contributed by atoms with van der Waals surface area (Å²) in [5, 5.41) is 14.7. The lowest BCUT2D eigenvalue weighted by Crippen LogP contribution is -2.30. The maximum Gasteiger partial charge on any atom is 0.234 e. The van der Waals surface area contributed by atoms with Gasteiger partial charge in [0.25, 0.3) is 0 Å². The Labute approximate surface area is 149 Å². The predicted molar refractivity (Wildman–Crippen MR) is 93.6 cm³/mol. The standard InChI is InChI=1S/C16H18ClN5OS/c17-12-4-6-13(7-5-12)23-11-15-20-22-14(18-19-16(22)24-15)10-21-8-2-1-3-9-21/h4-7H,1-3,8-11H2. The molecular formula is C16H18ClN5OS. The van der Waals surface area contributed by atoms with E-state index in [0.717, 1.165) is 41.2 Å². The number of aromatic nitrogens is 4. The van der Waals surface area contributed by atoms with E-state index < -0.39 is 0 Å². The van der Waals surface area contributed by atoms with Crippen molar-refractivity contribution in [2.45, 2.75) is 32.4 Å². The molecule has 3 heterocycles. The predicted octanol–water partition coefficient (Wildman–Crippen LogP) is 3.40. The Hall–Kier alpha value is -1.70. The summed E-state index contributed by atoms with van der Waals surface area (Å²) in [7, 11) is 0. The fourth-order valence-corrected chi connectivity index (χ4v) is 3.74. The average molecular weight is 364 g/mol. The number of benzene rings is 1. The lowest BCUT2D eigenvalue weighted by molar-refractivity contribution is 0.214. The van der Waals surface area contributed by atoms with E-state index in [1.54, 1.807) is 0 Å². The van der Waals surface area contributed by atoms with Gasteiger partial charge in [-0.05, 0) is 50.2 Å². The minimum absolute atomic E-state index is 0.415. The van der Waals surface area contributed by atoms with E-state index in [1.807, 2.05) is 28.8 Å². The largest absolute Gasteiger partial charge is 0.486 e. The van der Waals surface area contributed by atoms with Crippen LogP contribution in [0.1, 0.15) is 30.1 Å². The maximum atomic E-state index is 5.88. The fraction of sp³-hybridized carbons (Fsp3) is 0.438. The smallest absolute Gasteiger partial charge is 0.234 e. The Balaban J connectivity index is 1.44. The Morgan fingerprint density at radius 1 is 1.08 bits per heavy atom. The molecule has 8 heteroatoms. The molecule has 0 spiro atoms. The lowest BCUT2D eigenvalue weighted by Gasteiger charge is -2.25. The molecule has 1 aromatic carbocycles. The molecular weight excluding hydrogens is 346 g/mol. The molecule has 126 valence electrons. The number of nitrogens with zero attached hydrogens (tertiary/aromatic N) is 5. The highest BCUT2D eigenvalue weighted by molar-refractivity contribution is 7.16. The SMILES string of the molecule is Clc1ccc(OCc2nn3c(CN4CCCCC4)nnc3s2)cc1. The van der Waals surface area contributed by atoms with Crippen LogP contribution in [0.4, 0.5) is 0 Å². The Kier molecular flexibility index (Phi) is 4.64. The van der Waals surface area contributed by atoms with Crippen LogP contribution in [-0.2, 0) is 13.2 Å². The molecule has 0 bridgehead atoms. The second kappa shape index (κ2) is 7.04. The van der Waals surface area contributed by atoms with Crippen LogP contribution < -0.4 is 4.74 Å². The first kappa shape index (κ1) is 15.8. The highest BCUT2D eigenvalue weighted by Gasteiger charge is 2.17. The van der Waals surface area contributed by atoms with Crippen molar-refractivity contribution in [3.8, 4) is 5.75 Å². The molecule has 0 saturated carbocycles. The van der Waals surface area contributed by atoms with E-state index in [2.05, 4.69) is 20.2 Å². The lowest BCUT2D eigenvalue weighted by atomic mass is 10.1. The van der Waals surface area contributed by atoms with Crippen LogP contribution in [0.3, 0.4) is 0 Å². The van der Waals surface area contributed by atoms with E-state index in [1.165, 1.54) is 30.6 Å². The van der Waals surface area contributed by atoms with Crippen LogP contribution in [-0.4, -0.2) is 37.8 Å². The molecule has 0 aliphatic carbocycles. The topological polar surface area (TPSA) is 55.6 Å². The maximum absolute atomic E-state index is 5.88. The van der Waals surface area contributed by atoms with E-state index in [-0.39, 0.29) is 0 Å². The van der Waals surface area contributed by atoms with Gasteiger partial charge in [-0.15, -0.1) is 10.2 Å². The van der Waals surface area contributed by atoms with Gasteiger partial charge in [0.05, 0.1) is 6.54 Å². The summed E-state index contributed by atoms with van der Waals surface area (Å²) in [4.78, 5) is 3.24. The molecule has 1 aliphatic rings. The number of rotatable bonds is 5. The van der Waals surface area contributed by atoms with Crippen molar-refractivity contribution in [3.63, 3.8) is 0 Å². The van der Waals surface area contributed by atoms with Crippen LogP contribution >= 0.6 is 22.9 Å². The van der Waals surface area contributed by atoms with Gasteiger partial charge in [-0.2, -0.15) is 9.61 Å². The quantitative estimate of drug-likeness (QED) is 0.695. The molecule has 3 aromatic rings. The summed E-state index contributed by atoms with van der Waals surface area (Å²) in [6, 6.07) is 7.33. The van der Waals surface area contributed by atoms with Crippen LogP contribution in [0.5, 0.6) is 5.75 Å². The summed E-state index contributed by atoms with van der Waals surface area (Å²) in [6.45, 7) is 3.48. The second-order valence-electron chi connectivity index (χ2n) is 5.89. The summed E-state index contributed by atoms with van der Waals surface area (Å²) >= 11 is 7.39. The van der Waals surface area contributed by atoms with Crippen LogP contribution in [0, 0.1) is 0 Å². The van der Waals surface area contributed by atoms with E-state index >= 15 is 0 Å². The normalized spacial score (nSPS) is 15.9. The van der Waals surface area contributed by atoms with Crippen molar-refractivity contribution >= 4 is 27.9 Å². The Morgan fingerprint density at radius 2 is 1.88 bits per heavy atom. The Bertz CT molecular complexity index is 810. The third-order valence-electron chi connectivity index (χ3n) is 4.09. The molecule has 0 unspecified atom stereocenters. The van der Waals surface area contributed by atoms with E-state index in [0.29, 0.717) is 11.6 Å². The molecule has 1 saturated heterocycles. The van der Waals surface area contributed by atoms with Crippen molar-refractivity contribution in [2.24, 2.45) is 0 Å². The van der Waals surface area contributed by atoms with E-state index in [4.69, 9.17) is 16.3 Å². The number of piperidine rings is 1. The zero-order valence-electron chi connectivity index (χ0n) is 13.2. The Morgan fingerprint density at radius 3 is 2.67 bits per heavy atom. The minimum atomic E-state index is 0.415. The van der Waals surface area contributed by atoms with Gasteiger partial charge in [0.15, 0.2) is 10.8 Å². The number of fused-ring (bicyclic) bond motifs is 1. The molecule has 0 radical (unpaired) electrons. The second-order valence-corrected chi connectivity index (χ2v) is 7.36. The van der Waals surface area contributed by atoms with Crippen LogP contribution in [0.2, 0.25) is 5.02 Å². The summed E-state index contributed by atoms with van der Waals surface area (Å²) in [5.74, 6) is 1.68. The fourth-order valence-electron chi connectivity index (χ4n) is 2.85. The third kappa shape index (κ3) is 3.53. The third-order valence-corrected chi connectivity index (χ3v) is 5.21. The average Bonchev–Trinajstić information content (AvgIpc) is 3.17. The monoisotopic (exact) mass is 363 g/mol. The van der Waals surface area contributed by atoms with Gasteiger partial charge in [0, 0.05) is 5.02 Å². The van der Waals surface area contributed by atoms with Gasteiger partial charge in [-0.3, -0.25) is 4.90 Å². The summed E-state index contributed by atoms with van der Waals surface area (Å²) in [5.41, 5.74) is 0.